The lowest BCUT2D eigenvalue weighted by Gasteiger charge is -2.63. The fraction of sp³-hybridized carbons (Fsp3) is 0.568. The molecule has 48 heavy (non-hydrogen) atoms. The first-order valence-corrected chi connectivity index (χ1v) is 17.4. The smallest absolute Gasteiger partial charge is 0.332 e. The summed E-state index contributed by atoms with van der Waals surface area (Å²) in [6.07, 6.45) is 3.56. The highest BCUT2D eigenvalue weighted by molar-refractivity contribution is 9.10. The number of unbranched alkanes of at least 4 members (excludes halogenated alkanes) is 2. The van der Waals surface area contributed by atoms with Gasteiger partial charge in [0.15, 0.2) is 0 Å². The summed E-state index contributed by atoms with van der Waals surface area (Å²) in [6, 6.07) is 14.7. The van der Waals surface area contributed by atoms with E-state index in [-0.39, 0.29) is 36.5 Å². The van der Waals surface area contributed by atoms with Crippen LogP contribution in [0.4, 0.5) is 11.4 Å². The molecule has 0 bridgehead atoms. The van der Waals surface area contributed by atoms with Crippen LogP contribution >= 0.6 is 15.9 Å². The second-order valence-electron chi connectivity index (χ2n) is 15.0. The minimum Gasteiger partial charge on any atom is -0.489 e. The first kappa shape index (κ1) is 37.2. The molecule has 3 N–H and O–H groups in total. The van der Waals surface area contributed by atoms with Crippen LogP contribution in [-0.2, 0) is 23.9 Å². The molecule has 2 fully saturated rings. The molecule has 10 nitrogen and oxygen atoms in total. The number of hydrogen-bond donors (Lipinski definition) is 3. The van der Waals surface area contributed by atoms with E-state index in [1.54, 1.807) is 18.2 Å². The summed E-state index contributed by atoms with van der Waals surface area (Å²) >= 11 is 3.42. The van der Waals surface area contributed by atoms with E-state index in [2.05, 4.69) is 65.6 Å². The molecule has 0 unspecified atom stereocenters. The topological polar surface area (TPSA) is 139 Å². The maximum atomic E-state index is 13.6. The molecule has 0 atom stereocenters. The second-order valence-corrected chi connectivity index (χ2v) is 15.9. The highest BCUT2D eigenvalue weighted by Crippen LogP contribution is 2.57. The van der Waals surface area contributed by atoms with Crippen molar-refractivity contribution >= 4 is 45.1 Å². The molecule has 0 aliphatic heterocycles. The van der Waals surface area contributed by atoms with Gasteiger partial charge in [-0.3, -0.25) is 9.59 Å². The molecule has 0 heterocycles. The molecule has 2 aromatic carbocycles. The van der Waals surface area contributed by atoms with Crippen molar-refractivity contribution in [1.82, 2.24) is 5.32 Å². The monoisotopic (exact) mass is 724 g/mol. The highest BCUT2D eigenvalue weighted by atomic mass is 79.9. The van der Waals surface area contributed by atoms with Gasteiger partial charge in [0, 0.05) is 45.9 Å². The normalized spacial score (nSPS) is 20.0. The van der Waals surface area contributed by atoms with Crippen LogP contribution in [0.3, 0.4) is 0 Å². The summed E-state index contributed by atoms with van der Waals surface area (Å²) in [5.41, 5.74) is -0.277. The molecule has 0 saturated heterocycles. The molecule has 2 aliphatic rings. The van der Waals surface area contributed by atoms with E-state index in [4.69, 9.17) is 14.2 Å². The first-order valence-electron chi connectivity index (χ1n) is 16.6. The van der Waals surface area contributed by atoms with Gasteiger partial charge in [0.25, 0.3) is 0 Å². The lowest BCUT2D eigenvalue weighted by atomic mass is 9.49. The number of amides is 2. The van der Waals surface area contributed by atoms with Gasteiger partial charge >= 0.3 is 5.97 Å². The number of esters is 1. The van der Waals surface area contributed by atoms with Gasteiger partial charge in [0.1, 0.15) is 35.5 Å². The van der Waals surface area contributed by atoms with Crippen molar-refractivity contribution in [3.8, 4) is 11.8 Å². The number of nitrogens with zero attached hydrogens (tertiary/aromatic N) is 1. The predicted molar refractivity (Wildman–Crippen MR) is 189 cm³/mol. The Morgan fingerprint density at radius 1 is 0.938 bits per heavy atom. The van der Waals surface area contributed by atoms with Gasteiger partial charge in [0.2, 0.25) is 11.8 Å². The summed E-state index contributed by atoms with van der Waals surface area (Å²) in [7, 11) is 0. The van der Waals surface area contributed by atoms with Crippen LogP contribution in [0.15, 0.2) is 46.9 Å². The number of carbonyl (C=O) groups excluding carboxylic acids is 3. The Hall–Kier alpha value is -3.62. The number of benzene rings is 2. The van der Waals surface area contributed by atoms with Crippen LogP contribution in [0, 0.1) is 27.6 Å². The number of ether oxygens (including phenoxy) is 3. The Kier molecular flexibility index (Phi) is 11.5. The van der Waals surface area contributed by atoms with E-state index in [1.165, 1.54) is 0 Å². The van der Waals surface area contributed by atoms with E-state index in [1.807, 2.05) is 45.0 Å². The van der Waals surface area contributed by atoms with Crippen molar-refractivity contribution in [2.75, 3.05) is 30.4 Å². The molecule has 11 heteroatoms. The van der Waals surface area contributed by atoms with Gasteiger partial charge in [-0.15, -0.1) is 0 Å². The van der Waals surface area contributed by atoms with Crippen LogP contribution in [0.5, 0.6) is 5.75 Å². The van der Waals surface area contributed by atoms with Crippen molar-refractivity contribution in [2.24, 2.45) is 16.2 Å². The van der Waals surface area contributed by atoms with Crippen LogP contribution in [0.25, 0.3) is 0 Å². The predicted octanol–water partition coefficient (Wildman–Crippen LogP) is 6.98. The molecule has 260 valence electrons. The van der Waals surface area contributed by atoms with Crippen molar-refractivity contribution in [3.63, 3.8) is 0 Å². The fourth-order valence-electron chi connectivity index (χ4n) is 6.73. The van der Waals surface area contributed by atoms with Gasteiger partial charge < -0.3 is 30.2 Å². The number of carbonyl (C=O) groups is 3. The Morgan fingerprint density at radius 3 is 2.17 bits per heavy atom. The zero-order chi connectivity index (χ0) is 35.3. The Balaban J connectivity index is 1.20. The Morgan fingerprint density at radius 2 is 1.58 bits per heavy atom. The molecule has 0 radical (unpaired) electrons. The van der Waals surface area contributed by atoms with E-state index in [0.29, 0.717) is 40.9 Å². The van der Waals surface area contributed by atoms with E-state index < -0.39 is 21.8 Å². The third kappa shape index (κ3) is 8.88. The standard InChI is InChI=1S/C37H49BrN4O6/c1-34(2,3)48-29(43)23-46-20-10-8-9-19-40-25-12-14-26(15-13-25)41-32(44)37(17-18-37)33(45)42-30-35(4,5)31(36(30,6)7)47-27-16-11-24(22-39)28(38)21-27/h11-16,21,30-31,40H,8-10,17-20,23H2,1-7H3,(H,41,44)(H,42,45). The second kappa shape index (κ2) is 14.9. The van der Waals surface area contributed by atoms with E-state index in [0.717, 1.165) is 31.5 Å². The zero-order valence-electron chi connectivity index (χ0n) is 29.1. The van der Waals surface area contributed by atoms with Crippen molar-refractivity contribution in [2.45, 2.75) is 98.3 Å². The Labute approximate surface area is 292 Å². The van der Waals surface area contributed by atoms with Crippen molar-refractivity contribution in [1.29, 1.82) is 5.26 Å². The molecular weight excluding hydrogens is 676 g/mol. The quantitative estimate of drug-likeness (QED) is 0.102. The maximum absolute atomic E-state index is 13.6. The zero-order valence-corrected chi connectivity index (χ0v) is 30.7. The molecule has 2 aromatic rings. The summed E-state index contributed by atoms with van der Waals surface area (Å²) in [5.74, 6) is -0.245. The van der Waals surface area contributed by atoms with Gasteiger partial charge in [-0.2, -0.15) is 5.26 Å². The van der Waals surface area contributed by atoms with E-state index >= 15 is 0 Å². The van der Waals surface area contributed by atoms with E-state index in [9.17, 15) is 19.6 Å². The van der Waals surface area contributed by atoms with Gasteiger partial charge in [0.05, 0.1) is 5.56 Å². The van der Waals surface area contributed by atoms with Gasteiger partial charge in [-0.1, -0.05) is 27.7 Å². The number of nitriles is 1. The van der Waals surface area contributed by atoms with Gasteiger partial charge in [-0.05, 0) is 111 Å². The lowest BCUT2D eigenvalue weighted by molar-refractivity contribution is -0.175. The highest BCUT2D eigenvalue weighted by Gasteiger charge is 2.66. The van der Waals surface area contributed by atoms with Crippen molar-refractivity contribution < 1.29 is 28.6 Å². The number of anilines is 2. The summed E-state index contributed by atoms with van der Waals surface area (Å²) in [4.78, 5) is 38.6. The van der Waals surface area contributed by atoms with Gasteiger partial charge in [-0.25, -0.2) is 4.79 Å². The van der Waals surface area contributed by atoms with Crippen LogP contribution in [0.2, 0.25) is 0 Å². The average molecular weight is 726 g/mol. The first-order chi connectivity index (χ1) is 22.5. The molecular formula is C37H49BrN4O6. The molecule has 2 saturated carbocycles. The third-order valence-corrected chi connectivity index (χ3v) is 9.78. The summed E-state index contributed by atoms with van der Waals surface area (Å²) < 4.78 is 17.7. The largest absolute Gasteiger partial charge is 0.489 e. The molecule has 4 rings (SSSR count). The summed E-state index contributed by atoms with van der Waals surface area (Å²) in [6.45, 7) is 15.0. The number of rotatable bonds is 15. The minimum atomic E-state index is -1.08. The SMILES string of the molecule is CC(C)(C)OC(=O)COCCCCCNc1ccc(NC(=O)C2(C(=O)NC3C(C)(C)C(Oc4ccc(C#N)c(Br)c4)C3(C)C)CC2)cc1. The molecule has 2 aliphatic carbocycles. The number of nitrogens with one attached hydrogen (secondary N) is 3. The fourth-order valence-corrected chi connectivity index (χ4v) is 7.18. The Bertz CT molecular complexity index is 1510. The average Bonchev–Trinajstić information content (AvgIpc) is 3.82. The van der Waals surface area contributed by atoms with Crippen LogP contribution in [-0.4, -0.2) is 55.3 Å². The minimum absolute atomic E-state index is 0.0303. The molecule has 0 spiro atoms. The number of hydrogen-bond acceptors (Lipinski definition) is 8. The van der Waals surface area contributed by atoms with Crippen molar-refractivity contribution in [3.05, 3.63) is 52.5 Å². The molecule has 2 amide bonds. The summed E-state index contributed by atoms with van der Waals surface area (Å²) in [5, 5.41) is 18.8. The van der Waals surface area contributed by atoms with Crippen LogP contribution in [0.1, 0.15) is 86.1 Å². The lowest BCUT2D eigenvalue weighted by Crippen LogP contribution is -2.75. The number of halogens is 1. The third-order valence-electron chi connectivity index (χ3n) is 9.13. The maximum Gasteiger partial charge on any atom is 0.332 e. The van der Waals surface area contributed by atoms with Crippen LogP contribution < -0.4 is 20.7 Å². The molecule has 0 aromatic heterocycles.